The molecule has 1 heterocycles. The van der Waals surface area contributed by atoms with Gasteiger partial charge in [-0.25, -0.2) is 4.89 Å². The summed E-state index contributed by atoms with van der Waals surface area (Å²) in [7, 11) is -0.00630. The maximum absolute atomic E-state index is 10.4. The highest BCUT2D eigenvalue weighted by Gasteiger charge is 2.45. The molecule has 2 nitrogen and oxygen atoms in total. The lowest BCUT2D eigenvalue weighted by molar-refractivity contribution is 0.607. The minimum absolute atomic E-state index is 0.707. The van der Waals surface area contributed by atoms with Gasteiger partial charge in [-0.3, -0.25) is 4.57 Å². The molecule has 15 heavy (non-hydrogen) atoms. The van der Waals surface area contributed by atoms with Gasteiger partial charge in [-0.1, -0.05) is 25.1 Å². The van der Waals surface area contributed by atoms with Gasteiger partial charge in [0.1, 0.15) is 14.4 Å². The van der Waals surface area contributed by atoms with E-state index in [1.165, 1.54) is 11.7 Å². The molecule has 0 radical (unpaired) electrons. The number of rotatable bonds is 1. The molecule has 1 saturated heterocycles. The first kappa shape index (κ1) is 12.8. The summed E-state index contributed by atoms with van der Waals surface area (Å²) < 4.78 is 8.06. The average molecular weight is 243 g/mol. The van der Waals surface area contributed by atoms with Crippen LogP contribution in [0.1, 0.15) is 13.3 Å². The first-order valence-electron chi connectivity index (χ1n) is 5.06. The van der Waals surface area contributed by atoms with E-state index in [-0.39, 0.29) is 0 Å². The molecule has 0 spiro atoms. The Morgan fingerprint density at radius 2 is 1.93 bits per heavy atom. The smallest absolute Gasteiger partial charge is 0.174 e. The Labute approximate surface area is 93.8 Å². The molecule has 2 rings (SSSR count). The van der Waals surface area contributed by atoms with E-state index in [2.05, 4.69) is 19.1 Å². The summed E-state index contributed by atoms with van der Waals surface area (Å²) in [6, 6.07) is 10.2. The van der Waals surface area contributed by atoms with Crippen LogP contribution in [-0.4, -0.2) is 17.2 Å². The molecule has 82 valence electrons. The van der Waals surface area contributed by atoms with E-state index in [4.69, 9.17) is 4.57 Å². The topological polar surface area (TPSA) is 37.3 Å². The molecule has 0 saturated carbocycles. The third-order valence-corrected chi connectivity index (χ3v) is 6.33. The predicted octanol–water partition coefficient (Wildman–Crippen LogP) is 2.75. The van der Waals surface area contributed by atoms with Crippen LogP contribution in [-0.2, 0) is 4.57 Å². The quantitative estimate of drug-likeness (QED) is 0.770. The van der Waals surface area contributed by atoms with Gasteiger partial charge in [0.25, 0.3) is 0 Å². The van der Waals surface area contributed by atoms with Gasteiger partial charge in [0.15, 0.2) is 7.49 Å². The second-order valence-electron chi connectivity index (χ2n) is 4.06. The van der Waals surface area contributed by atoms with Crippen LogP contribution in [0.4, 0.5) is 0 Å². The van der Waals surface area contributed by atoms with E-state index in [9.17, 15) is 4.89 Å². The van der Waals surface area contributed by atoms with Crippen molar-refractivity contribution in [1.82, 2.24) is 0 Å². The van der Waals surface area contributed by atoms with Crippen LogP contribution in [0, 0.1) is 5.92 Å². The van der Waals surface area contributed by atoms with Crippen molar-refractivity contribution in [1.29, 1.82) is 0 Å². The minimum atomic E-state index is -1.73. The largest absolute Gasteiger partial charge is 0.279 e. The maximum Gasteiger partial charge on any atom is 0.174 e. The third-order valence-electron chi connectivity index (χ3n) is 2.84. The molecule has 1 aliphatic heterocycles. The Morgan fingerprint density at radius 1 is 1.33 bits per heavy atom. The van der Waals surface area contributed by atoms with E-state index in [0.717, 1.165) is 12.3 Å². The van der Waals surface area contributed by atoms with Gasteiger partial charge in [-0.2, -0.15) is 0 Å². The summed E-state index contributed by atoms with van der Waals surface area (Å²) >= 11 is 0. The summed E-state index contributed by atoms with van der Waals surface area (Å²) in [5, 5.41) is 1.19. The van der Waals surface area contributed by atoms with Crippen molar-refractivity contribution in [2.24, 2.45) is 5.92 Å². The normalized spacial score (nSPS) is 29.3. The van der Waals surface area contributed by atoms with Crippen LogP contribution in [0.2, 0.25) is 0 Å². The molecule has 1 N–H and O–H groups in total. The molecule has 2 unspecified atom stereocenters. The SMILES string of the molecule is CC1CC[P+](O)(c2ccccc2)C1.O=P. The van der Waals surface area contributed by atoms with E-state index >= 15 is 0 Å². The molecule has 1 fully saturated rings. The zero-order chi connectivity index (χ0) is 11.3. The molecule has 1 aromatic carbocycles. The van der Waals surface area contributed by atoms with Gasteiger partial charge >= 0.3 is 0 Å². The Hall–Kier alpha value is -0.290. The van der Waals surface area contributed by atoms with Crippen LogP contribution in [0.15, 0.2) is 30.3 Å². The molecule has 4 heteroatoms. The Balaban J connectivity index is 0.000000531. The molecule has 1 aliphatic rings. The fourth-order valence-electron chi connectivity index (χ4n) is 2.07. The van der Waals surface area contributed by atoms with Crippen LogP contribution >= 0.6 is 16.6 Å². The minimum Gasteiger partial charge on any atom is -0.279 e. The second-order valence-corrected chi connectivity index (χ2v) is 7.23. The van der Waals surface area contributed by atoms with Crippen molar-refractivity contribution in [2.45, 2.75) is 13.3 Å². The van der Waals surface area contributed by atoms with Crippen molar-refractivity contribution in [2.75, 3.05) is 12.3 Å². The lowest BCUT2D eigenvalue weighted by atomic mass is 10.2. The van der Waals surface area contributed by atoms with Crippen molar-refractivity contribution < 1.29 is 9.46 Å². The summed E-state index contributed by atoms with van der Waals surface area (Å²) in [4.78, 5) is 10.4. The summed E-state index contributed by atoms with van der Waals surface area (Å²) in [5.74, 6) is 0.707. The van der Waals surface area contributed by atoms with Gasteiger partial charge in [-0.15, -0.1) is 0 Å². The summed E-state index contributed by atoms with van der Waals surface area (Å²) in [6.07, 6.45) is 3.24. The van der Waals surface area contributed by atoms with Crippen LogP contribution in [0.3, 0.4) is 0 Å². The highest BCUT2D eigenvalue weighted by molar-refractivity contribution is 7.78. The van der Waals surface area contributed by atoms with Crippen molar-refractivity contribution in [3.8, 4) is 0 Å². The van der Waals surface area contributed by atoms with Crippen LogP contribution in [0.25, 0.3) is 0 Å². The highest BCUT2D eigenvalue weighted by atomic mass is 31.2. The molecule has 0 aliphatic carbocycles. The molecule has 0 amide bonds. The third kappa shape index (κ3) is 3.08. The Kier molecular flexibility index (Phi) is 4.86. The van der Waals surface area contributed by atoms with E-state index in [1.807, 2.05) is 18.2 Å². The number of hydrogen-bond donors (Lipinski definition) is 1. The lowest BCUT2D eigenvalue weighted by Gasteiger charge is -2.13. The second kappa shape index (κ2) is 5.70. The number of benzene rings is 1. The Morgan fingerprint density at radius 3 is 2.40 bits per heavy atom. The molecule has 0 aromatic heterocycles. The Bertz CT molecular complexity index is 305. The van der Waals surface area contributed by atoms with Gasteiger partial charge in [0.05, 0.1) is 12.3 Å². The van der Waals surface area contributed by atoms with Crippen molar-refractivity contribution in [3.05, 3.63) is 30.3 Å². The van der Waals surface area contributed by atoms with Crippen molar-refractivity contribution in [3.63, 3.8) is 0 Å². The summed E-state index contributed by atoms with van der Waals surface area (Å²) in [5.41, 5.74) is 0. The van der Waals surface area contributed by atoms with Gasteiger partial charge in [-0.05, 0) is 24.5 Å². The molecular formula is C11H17O2P2+. The maximum atomic E-state index is 10.4. The standard InChI is InChI=1S/C11H16OP.HOP/c1-10-7-8-13(12,9-10)11-5-3-2-4-6-11;1-2/h2-6,10,12H,7-9H2,1H3;2H/q+1;. The van der Waals surface area contributed by atoms with E-state index in [1.54, 1.807) is 9.12 Å². The fourth-order valence-corrected chi connectivity index (χ4v) is 5.53. The highest BCUT2D eigenvalue weighted by Crippen LogP contribution is 2.60. The van der Waals surface area contributed by atoms with Gasteiger partial charge in [0.2, 0.25) is 0 Å². The van der Waals surface area contributed by atoms with Crippen LogP contribution in [0.5, 0.6) is 0 Å². The zero-order valence-corrected chi connectivity index (χ0v) is 10.8. The number of hydrogen-bond acceptors (Lipinski definition) is 2. The summed E-state index contributed by atoms with van der Waals surface area (Å²) in [6.45, 7) is 2.24. The molecule has 1 aromatic rings. The fraction of sp³-hybridized carbons (Fsp3) is 0.455. The average Bonchev–Trinajstić information content (AvgIpc) is 2.64. The first-order chi connectivity index (χ1) is 7.21. The lowest BCUT2D eigenvalue weighted by Crippen LogP contribution is -2.12. The van der Waals surface area contributed by atoms with Gasteiger partial charge < -0.3 is 0 Å². The van der Waals surface area contributed by atoms with Gasteiger partial charge in [0, 0.05) is 0 Å². The molecule has 0 bridgehead atoms. The van der Waals surface area contributed by atoms with E-state index < -0.39 is 7.49 Å². The van der Waals surface area contributed by atoms with Crippen LogP contribution < -0.4 is 5.30 Å². The molecule has 2 atom stereocenters. The monoisotopic (exact) mass is 243 g/mol. The zero-order valence-electron chi connectivity index (χ0n) is 8.89. The van der Waals surface area contributed by atoms with Crippen molar-refractivity contribution >= 4 is 21.9 Å². The van der Waals surface area contributed by atoms with E-state index in [0.29, 0.717) is 5.92 Å². The molecular weight excluding hydrogens is 226 g/mol. The predicted molar refractivity (Wildman–Crippen MR) is 67.7 cm³/mol. The first-order valence-corrected chi connectivity index (χ1v) is 7.59.